The van der Waals surface area contributed by atoms with E-state index in [1.165, 1.54) is 5.56 Å². The number of carbonyl (C=O) groups excluding carboxylic acids is 2. The molecule has 0 aliphatic carbocycles. The van der Waals surface area contributed by atoms with E-state index < -0.39 is 0 Å². The predicted molar refractivity (Wildman–Crippen MR) is 158 cm³/mol. The largest absolute Gasteiger partial charge is 0.346 e. The zero-order valence-corrected chi connectivity index (χ0v) is 23.2. The van der Waals surface area contributed by atoms with Crippen molar-refractivity contribution in [2.75, 3.05) is 0 Å². The van der Waals surface area contributed by atoms with Crippen LogP contribution in [0, 0.1) is 13.8 Å². The lowest BCUT2D eigenvalue weighted by atomic mass is 9.98. The summed E-state index contributed by atoms with van der Waals surface area (Å²) in [5.74, 6) is -0.0903. The highest BCUT2D eigenvalue weighted by atomic mass is 79.9. The number of nitrogens with zero attached hydrogens (tertiary/aromatic N) is 1. The zero-order chi connectivity index (χ0) is 26.8. The SMILES string of the molecule is Cc1c(C)n(Cc2ccccc2-c2cccc(C=O)c2)c2ccc(C(=O)NC(C)c3ccc(Br)cc3)cc12. The van der Waals surface area contributed by atoms with Gasteiger partial charge < -0.3 is 9.88 Å². The standard InChI is InChI=1S/C33H29BrN2O2/c1-21-23(3)36(19-28-8-4-5-10-30(28)26-9-6-7-24(17-26)20-37)32-16-13-27(18-31(21)32)33(38)35-22(2)25-11-14-29(34)15-12-25/h4-18,20,22H,19H2,1-3H3,(H,35,38). The lowest BCUT2D eigenvalue weighted by Gasteiger charge is -2.15. The van der Waals surface area contributed by atoms with E-state index in [2.05, 4.69) is 51.8 Å². The number of fused-ring (bicyclic) bond motifs is 1. The van der Waals surface area contributed by atoms with Crippen molar-refractivity contribution in [1.29, 1.82) is 0 Å². The van der Waals surface area contributed by atoms with Crippen LogP contribution in [0.1, 0.15) is 56.1 Å². The van der Waals surface area contributed by atoms with Crippen molar-refractivity contribution < 1.29 is 9.59 Å². The van der Waals surface area contributed by atoms with Crippen LogP contribution >= 0.6 is 15.9 Å². The zero-order valence-electron chi connectivity index (χ0n) is 21.7. The third-order valence-electron chi connectivity index (χ3n) is 7.30. The van der Waals surface area contributed by atoms with Crippen molar-refractivity contribution in [2.24, 2.45) is 0 Å². The Bertz CT molecular complexity index is 1650. The summed E-state index contributed by atoms with van der Waals surface area (Å²) in [4.78, 5) is 24.5. The van der Waals surface area contributed by atoms with Gasteiger partial charge in [-0.3, -0.25) is 9.59 Å². The molecule has 0 aliphatic rings. The summed E-state index contributed by atoms with van der Waals surface area (Å²) >= 11 is 3.46. The average molecular weight is 566 g/mol. The first-order valence-electron chi connectivity index (χ1n) is 12.6. The molecule has 5 rings (SSSR count). The fourth-order valence-electron chi connectivity index (χ4n) is 5.00. The smallest absolute Gasteiger partial charge is 0.251 e. The molecule has 0 fully saturated rings. The molecule has 38 heavy (non-hydrogen) atoms. The van der Waals surface area contributed by atoms with Crippen LogP contribution in [0.2, 0.25) is 0 Å². The molecule has 4 aromatic carbocycles. The van der Waals surface area contributed by atoms with Crippen LogP contribution in [-0.2, 0) is 6.54 Å². The van der Waals surface area contributed by atoms with Gasteiger partial charge in [-0.25, -0.2) is 0 Å². The van der Waals surface area contributed by atoms with Gasteiger partial charge in [-0.05, 0) is 85.0 Å². The minimum atomic E-state index is -0.104. The topological polar surface area (TPSA) is 51.1 Å². The molecular formula is C33H29BrN2O2. The Morgan fingerprint density at radius 3 is 2.47 bits per heavy atom. The number of amides is 1. The monoisotopic (exact) mass is 564 g/mol. The van der Waals surface area contributed by atoms with E-state index in [1.807, 2.05) is 85.8 Å². The number of hydrogen-bond donors (Lipinski definition) is 1. The first kappa shape index (κ1) is 25.7. The molecule has 190 valence electrons. The molecule has 1 N–H and O–H groups in total. The highest BCUT2D eigenvalue weighted by Crippen LogP contribution is 2.31. The molecule has 0 bridgehead atoms. The third-order valence-corrected chi connectivity index (χ3v) is 7.83. The number of carbonyl (C=O) groups is 2. The third kappa shape index (κ3) is 5.07. The van der Waals surface area contributed by atoms with Crippen LogP contribution in [0.5, 0.6) is 0 Å². The molecule has 1 atom stereocenters. The van der Waals surface area contributed by atoms with Crippen molar-refractivity contribution >= 4 is 39.0 Å². The predicted octanol–water partition coefficient (Wildman–Crippen LogP) is 8.04. The molecule has 1 aromatic heterocycles. The van der Waals surface area contributed by atoms with Gasteiger partial charge in [0, 0.05) is 38.7 Å². The average Bonchev–Trinajstić information content (AvgIpc) is 3.18. The van der Waals surface area contributed by atoms with E-state index in [1.54, 1.807) is 0 Å². The van der Waals surface area contributed by atoms with Crippen molar-refractivity contribution in [2.45, 2.75) is 33.4 Å². The highest BCUT2D eigenvalue weighted by molar-refractivity contribution is 9.10. The Morgan fingerprint density at radius 1 is 0.947 bits per heavy atom. The molecule has 0 aliphatic heterocycles. The summed E-state index contributed by atoms with van der Waals surface area (Å²) in [6, 6.07) is 29.8. The summed E-state index contributed by atoms with van der Waals surface area (Å²) in [5, 5.41) is 4.20. The maximum absolute atomic E-state index is 13.1. The fraction of sp³-hybridized carbons (Fsp3) is 0.152. The van der Waals surface area contributed by atoms with Gasteiger partial charge in [-0.2, -0.15) is 0 Å². The lowest BCUT2D eigenvalue weighted by molar-refractivity contribution is 0.0939. The van der Waals surface area contributed by atoms with Gasteiger partial charge in [0.2, 0.25) is 0 Å². The van der Waals surface area contributed by atoms with Gasteiger partial charge >= 0.3 is 0 Å². The molecule has 0 spiro atoms. The Labute approximate surface area is 231 Å². The first-order chi connectivity index (χ1) is 18.4. The van der Waals surface area contributed by atoms with Crippen molar-refractivity contribution in [3.8, 4) is 11.1 Å². The summed E-state index contributed by atoms with van der Waals surface area (Å²) < 4.78 is 3.32. The normalized spacial score (nSPS) is 11.9. The molecule has 0 saturated carbocycles. The number of hydrogen-bond acceptors (Lipinski definition) is 2. The van der Waals surface area contributed by atoms with Crippen LogP contribution in [-0.4, -0.2) is 16.8 Å². The number of benzene rings is 4. The van der Waals surface area contributed by atoms with Gasteiger partial charge in [0.05, 0.1) is 6.04 Å². The van der Waals surface area contributed by atoms with E-state index in [0.29, 0.717) is 17.7 Å². The van der Waals surface area contributed by atoms with Crippen molar-refractivity contribution in [3.63, 3.8) is 0 Å². The fourth-order valence-corrected chi connectivity index (χ4v) is 5.26. The minimum Gasteiger partial charge on any atom is -0.346 e. The number of halogens is 1. The van der Waals surface area contributed by atoms with E-state index in [9.17, 15) is 9.59 Å². The van der Waals surface area contributed by atoms with Gasteiger partial charge in [0.1, 0.15) is 6.29 Å². The summed E-state index contributed by atoms with van der Waals surface area (Å²) in [5.41, 5.74) is 9.08. The number of aryl methyl sites for hydroxylation is 1. The number of aldehydes is 1. The molecule has 1 amide bonds. The number of aromatic nitrogens is 1. The van der Waals surface area contributed by atoms with Gasteiger partial charge in [0.25, 0.3) is 5.91 Å². The number of nitrogens with one attached hydrogen (secondary N) is 1. The van der Waals surface area contributed by atoms with E-state index in [0.717, 1.165) is 49.6 Å². The molecule has 1 unspecified atom stereocenters. The van der Waals surface area contributed by atoms with Crippen LogP contribution in [0.3, 0.4) is 0 Å². The molecule has 5 aromatic rings. The molecular weight excluding hydrogens is 536 g/mol. The Morgan fingerprint density at radius 2 is 1.71 bits per heavy atom. The van der Waals surface area contributed by atoms with Crippen LogP contribution in [0.4, 0.5) is 0 Å². The van der Waals surface area contributed by atoms with E-state index >= 15 is 0 Å². The molecule has 4 nitrogen and oxygen atoms in total. The maximum Gasteiger partial charge on any atom is 0.251 e. The Kier molecular flexibility index (Phi) is 7.30. The second-order valence-electron chi connectivity index (χ2n) is 9.68. The molecule has 5 heteroatoms. The summed E-state index contributed by atoms with van der Waals surface area (Å²) in [7, 11) is 0. The minimum absolute atomic E-state index is 0.0903. The van der Waals surface area contributed by atoms with Crippen LogP contribution < -0.4 is 5.32 Å². The van der Waals surface area contributed by atoms with E-state index in [4.69, 9.17) is 0 Å². The Hall–Kier alpha value is -3.96. The van der Waals surface area contributed by atoms with Gasteiger partial charge in [-0.15, -0.1) is 0 Å². The van der Waals surface area contributed by atoms with Crippen LogP contribution in [0.25, 0.3) is 22.0 Å². The van der Waals surface area contributed by atoms with Crippen molar-refractivity contribution in [3.05, 3.63) is 129 Å². The summed E-state index contributed by atoms with van der Waals surface area (Å²) in [6.45, 7) is 6.91. The van der Waals surface area contributed by atoms with Gasteiger partial charge in [0.15, 0.2) is 0 Å². The molecule has 1 heterocycles. The second kappa shape index (κ2) is 10.8. The number of rotatable bonds is 7. The van der Waals surface area contributed by atoms with Crippen LogP contribution in [0.15, 0.2) is 95.5 Å². The van der Waals surface area contributed by atoms with Gasteiger partial charge in [-0.1, -0.05) is 70.5 Å². The second-order valence-corrected chi connectivity index (χ2v) is 10.6. The molecule has 0 saturated heterocycles. The summed E-state index contributed by atoms with van der Waals surface area (Å²) in [6.07, 6.45) is 0.881. The Balaban J connectivity index is 1.45. The first-order valence-corrected chi connectivity index (χ1v) is 13.4. The van der Waals surface area contributed by atoms with Crippen molar-refractivity contribution in [1.82, 2.24) is 9.88 Å². The highest BCUT2D eigenvalue weighted by Gasteiger charge is 2.17. The van der Waals surface area contributed by atoms with E-state index in [-0.39, 0.29) is 11.9 Å². The molecule has 0 radical (unpaired) electrons. The quantitative estimate of drug-likeness (QED) is 0.203. The lowest BCUT2D eigenvalue weighted by Crippen LogP contribution is -2.26. The maximum atomic E-state index is 13.1.